The van der Waals surface area contributed by atoms with Crippen molar-refractivity contribution in [3.63, 3.8) is 0 Å². The molecule has 0 N–H and O–H groups in total. The van der Waals surface area contributed by atoms with Crippen LogP contribution in [0.5, 0.6) is 0 Å². The van der Waals surface area contributed by atoms with Crippen LogP contribution in [0, 0.1) is 12.3 Å². The average molecular weight is 244 g/mol. The van der Waals surface area contributed by atoms with Gasteiger partial charge in [-0.1, -0.05) is 50.2 Å². The minimum Gasteiger partial charge on any atom is -0.339 e. The van der Waals surface area contributed by atoms with Crippen LogP contribution in [0.3, 0.4) is 0 Å². The molecule has 0 atom stereocenters. The van der Waals surface area contributed by atoms with Crippen LogP contribution in [0.1, 0.15) is 38.6 Å². The quantitative estimate of drug-likeness (QED) is 0.818. The zero-order valence-electron chi connectivity index (χ0n) is 11.5. The van der Waals surface area contributed by atoms with E-state index in [1.807, 2.05) is 0 Å². The van der Waals surface area contributed by atoms with Crippen molar-refractivity contribution >= 4 is 0 Å². The summed E-state index contributed by atoms with van der Waals surface area (Å²) in [5, 5.41) is 3.91. The van der Waals surface area contributed by atoms with Crippen LogP contribution in [0.4, 0.5) is 0 Å². The fourth-order valence-electron chi connectivity index (χ4n) is 1.76. The molecule has 1 aromatic carbocycles. The van der Waals surface area contributed by atoms with E-state index in [1.165, 1.54) is 12.0 Å². The van der Waals surface area contributed by atoms with Crippen molar-refractivity contribution in [3.8, 4) is 11.4 Å². The number of nitrogens with zero attached hydrogens (tertiary/aromatic N) is 2. The Kier molecular flexibility index (Phi) is 3.50. The topological polar surface area (TPSA) is 38.9 Å². The first kappa shape index (κ1) is 12.8. The second-order valence-corrected chi connectivity index (χ2v) is 5.89. The van der Waals surface area contributed by atoms with Gasteiger partial charge in [-0.25, -0.2) is 0 Å². The molecule has 1 heterocycles. The van der Waals surface area contributed by atoms with E-state index >= 15 is 0 Å². The van der Waals surface area contributed by atoms with Gasteiger partial charge in [0.25, 0.3) is 0 Å². The van der Waals surface area contributed by atoms with Crippen LogP contribution in [0.15, 0.2) is 28.8 Å². The number of hydrogen-bond donors (Lipinski definition) is 0. The van der Waals surface area contributed by atoms with Crippen molar-refractivity contribution in [2.75, 3.05) is 0 Å². The number of rotatable bonds is 3. The van der Waals surface area contributed by atoms with Gasteiger partial charge in [0, 0.05) is 12.5 Å². The molecule has 0 fully saturated rings. The Morgan fingerprint density at radius 1 is 1.11 bits per heavy atom. The summed E-state index contributed by atoms with van der Waals surface area (Å²) in [4.78, 5) is 4.22. The van der Waals surface area contributed by atoms with Crippen molar-refractivity contribution in [1.82, 2.24) is 10.1 Å². The summed E-state index contributed by atoms with van der Waals surface area (Å²) in [7, 11) is 0. The predicted molar refractivity (Wildman–Crippen MR) is 72.2 cm³/mol. The normalized spacial score (nSPS) is 11.8. The molecule has 0 aliphatic rings. The number of aromatic nitrogens is 2. The lowest BCUT2D eigenvalue weighted by Gasteiger charge is -2.17. The van der Waals surface area contributed by atoms with Gasteiger partial charge in [-0.05, 0) is 23.8 Å². The zero-order valence-corrected chi connectivity index (χ0v) is 11.5. The fourth-order valence-corrected chi connectivity index (χ4v) is 1.76. The van der Waals surface area contributed by atoms with Gasteiger partial charge in [-0.15, -0.1) is 0 Å². The molecule has 0 aliphatic carbocycles. The Morgan fingerprint density at radius 2 is 1.78 bits per heavy atom. The Balaban J connectivity index is 2.06. The molecule has 0 unspecified atom stereocenters. The summed E-state index contributed by atoms with van der Waals surface area (Å²) >= 11 is 0. The molecule has 0 spiro atoms. The van der Waals surface area contributed by atoms with Crippen LogP contribution in [-0.4, -0.2) is 10.1 Å². The molecular formula is C15H20N2O. The van der Waals surface area contributed by atoms with Crippen molar-refractivity contribution in [2.24, 2.45) is 5.41 Å². The first-order valence-electron chi connectivity index (χ1n) is 6.34. The van der Waals surface area contributed by atoms with Crippen LogP contribution in [-0.2, 0) is 6.42 Å². The van der Waals surface area contributed by atoms with Crippen molar-refractivity contribution in [2.45, 2.75) is 40.5 Å². The summed E-state index contributed by atoms with van der Waals surface area (Å²) < 4.78 is 4.98. The molecule has 3 heteroatoms. The molecule has 0 aliphatic heterocycles. The third kappa shape index (κ3) is 3.42. The van der Waals surface area contributed by atoms with Crippen LogP contribution in [0.25, 0.3) is 11.4 Å². The third-order valence-corrected chi connectivity index (χ3v) is 2.90. The zero-order chi connectivity index (χ0) is 13.2. The van der Waals surface area contributed by atoms with Gasteiger partial charge in [0.05, 0.1) is 0 Å². The number of benzene rings is 1. The van der Waals surface area contributed by atoms with Gasteiger partial charge in [-0.2, -0.15) is 4.98 Å². The van der Waals surface area contributed by atoms with Gasteiger partial charge in [0.1, 0.15) is 0 Å². The molecule has 18 heavy (non-hydrogen) atoms. The molecule has 0 radical (unpaired) electrons. The van der Waals surface area contributed by atoms with E-state index in [-0.39, 0.29) is 0 Å². The Bertz CT molecular complexity index is 506. The van der Waals surface area contributed by atoms with E-state index in [0.29, 0.717) is 17.1 Å². The molecule has 2 aromatic rings. The second-order valence-electron chi connectivity index (χ2n) is 5.89. The van der Waals surface area contributed by atoms with Gasteiger partial charge < -0.3 is 4.52 Å². The smallest absolute Gasteiger partial charge is 0.223 e. The maximum atomic E-state index is 4.98. The summed E-state index contributed by atoms with van der Waals surface area (Å²) in [5.41, 5.74) is 2.74. The monoisotopic (exact) mass is 244 g/mol. The molecule has 96 valence electrons. The van der Waals surface area contributed by atoms with E-state index in [4.69, 9.17) is 4.52 Å². The lowest BCUT2D eigenvalue weighted by molar-refractivity contribution is 0.378. The minimum atomic E-state index is 0.378. The predicted octanol–water partition coefficient (Wildman–Crippen LogP) is 4.02. The molecule has 0 bridgehead atoms. The Morgan fingerprint density at radius 3 is 2.28 bits per heavy atom. The first-order chi connectivity index (χ1) is 8.44. The van der Waals surface area contributed by atoms with E-state index < -0.39 is 0 Å². The average Bonchev–Trinajstić information content (AvgIpc) is 2.73. The highest BCUT2D eigenvalue weighted by atomic mass is 16.5. The van der Waals surface area contributed by atoms with E-state index in [1.54, 1.807) is 6.92 Å². The fraction of sp³-hybridized carbons (Fsp3) is 0.467. The first-order valence-corrected chi connectivity index (χ1v) is 6.34. The van der Waals surface area contributed by atoms with Crippen molar-refractivity contribution < 1.29 is 4.52 Å². The van der Waals surface area contributed by atoms with Crippen LogP contribution < -0.4 is 0 Å². The van der Waals surface area contributed by atoms with E-state index in [2.05, 4.69) is 55.2 Å². The highest BCUT2D eigenvalue weighted by molar-refractivity contribution is 5.54. The Labute approximate surface area is 108 Å². The van der Waals surface area contributed by atoms with E-state index in [0.717, 1.165) is 12.0 Å². The van der Waals surface area contributed by atoms with Crippen LogP contribution >= 0.6 is 0 Å². The van der Waals surface area contributed by atoms with Gasteiger partial charge in [0.15, 0.2) is 0 Å². The van der Waals surface area contributed by atoms with Gasteiger partial charge >= 0.3 is 0 Å². The number of aryl methyl sites for hydroxylation is 2. The minimum absolute atomic E-state index is 0.378. The Hall–Kier alpha value is -1.64. The maximum Gasteiger partial charge on any atom is 0.223 e. The van der Waals surface area contributed by atoms with Crippen LogP contribution in [0.2, 0.25) is 0 Å². The summed E-state index contributed by atoms with van der Waals surface area (Å²) in [6, 6.07) is 8.41. The van der Waals surface area contributed by atoms with Gasteiger partial charge in [-0.3, -0.25) is 0 Å². The lowest BCUT2D eigenvalue weighted by Crippen LogP contribution is -2.06. The van der Waals surface area contributed by atoms with E-state index in [9.17, 15) is 0 Å². The largest absolute Gasteiger partial charge is 0.339 e. The third-order valence-electron chi connectivity index (χ3n) is 2.90. The highest BCUT2D eigenvalue weighted by Gasteiger charge is 2.10. The molecular weight excluding hydrogens is 224 g/mol. The summed E-state index contributed by atoms with van der Waals surface area (Å²) in [6.45, 7) is 8.60. The summed E-state index contributed by atoms with van der Waals surface area (Å²) in [5.74, 6) is 1.26. The highest BCUT2D eigenvalue weighted by Crippen LogP contribution is 2.22. The lowest BCUT2D eigenvalue weighted by atomic mass is 9.88. The van der Waals surface area contributed by atoms with Gasteiger partial charge in [0.2, 0.25) is 11.7 Å². The molecule has 1 aromatic heterocycles. The standard InChI is InChI=1S/C15H20N2O/c1-11-16-14(17-18-11)13-7-5-12(6-8-13)9-10-15(2,3)4/h5-8H,9-10H2,1-4H3. The summed E-state index contributed by atoms with van der Waals surface area (Å²) in [6.07, 6.45) is 2.29. The van der Waals surface area contributed by atoms with Crippen molar-refractivity contribution in [3.05, 3.63) is 35.7 Å². The number of hydrogen-bond acceptors (Lipinski definition) is 3. The molecule has 0 saturated heterocycles. The SMILES string of the molecule is Cc1nc(-c2ccc(CCC(C)(C)C)cc2)no1. The maximum absolute atomic E-state index is 4.98. The molecule has 0 saturated carbocycles. The molecule has 2 rings (SSSR count). The van der Waals surface area contributed by atoms with Crippen molar-refractivity contribution in [1.29, 1.82) is 0 Å². The molecule has 0 amide bonds. The molecule has 3 nitrogen and oxygen atoms in total. The second kappa shape index (κ2) is 4.92.